The summed E-state index contributed by atoms with van der Waals surface area (Å²) in [6.45, 7) is 3.68. The van der Waals surface area contributed by atoms with E-state index in [0.29, 0.717) is 12.5 Å². The second-order valence-electron chi connectivity index (χ2n) is 6.44. The van der Waals surface area contributed by atoms with Crippen molar-refractivity contribution < 1.29 is 4.52 Å². The Labute approximate surface area is 129 Å². The van der Waals surface area contributed by atoms with E-state index in [-0.39, 0.29) is 6.04 Å². The monoisotopic (exact) mass is 302 g/mol. The SMILES string of the molecule is Cc1nc([C@@H]2CCCN2Cc2noc(C3CCCC3)n2)n[nH]1. The highest BCUT2D eigenvalue weighted by molar-refractivity contribution is 5.01. The van der Waals surface area contributed by atoms with Gasteiger partial charge in [-0.1, -0.05) is 18.0 Å². The quantitative estimate of drug-likeness (QED) is 0.934. The van der Waals surface area contributed by atoms with Gasteiger partial charge in [0.05, 0.1) is 12.6 Å². The Bertz CT molecular complexity index is 630. The van der Waals surface area contributed by atoms with Crippen LogP contribution in [0, 0.1) is 6.92 Å². The zero-order valence-electron chi connectivity index (χ0n) is 13.0. The van der Waals surface area contributed by atoms with Crippen molar-refractivity contribution in [3.8, 4) is 0 Å². The Hall–Kier alpha value is -1.76. The van der Waals surface area contributed by atoms with Gasteiger partial charge in [0.1, 0.15) is 5.82 Å². The highest BCUT2D eigenvalue weighted by Crippen LogP contribution is 2.34. The summed E-state index contributed by atoms with van der Waals surface area (Å²) in [5.41, 5.74) is 0. The van der Waals surface area contributed by atoms with Gasteiger partial charge in [-0.25, -0.2) is 4.98 Å². The highest BCUT2D eigenvalue weighted by Gasteiger charge is 2.31. The minimum absolute atomic E-state index is 0.262. The largest absolute Gasteiger partial charge is 0.339 e. The normalized spacial score (nSPS) is 23.6. The number of likely N-dealkylation sites (tertiary alicyclic amines) is 1. The zero-order valence-corrected chi connectivity index (χ0v) is 13.0. The van der Waals surface area contributed by atoms with E-state index in [4.69, 9.17) is 4.52 Å². The lowest BCUT2D eigenvalue weighted by Gasteiger charge is -2.19. The van der Waals surface area contributed by atoms with Crippen molar-refractivity contribution in [3.63, 3.8) is 0 Å². The van der Waals surface area contributed by atoms with E-state index in [0.717, 1.165) is 42.8 Å². The average molecular weight is 302 g/mol. The van der Waals surface area contributed by atoms with Crippen LogP contribution in [0.2, 0.25) is 0 Å². The van der Waals surface area contributed by atoms with Gasteiger partial charge in [0, 0.05) is 5.92 Å². The van der Waals surface area contributed by atoms with Crippen molar-refractivity contribution in [2.24, 2.45) is 0 Å². The highest BCUT2D eigenvalue weighted by atomic mass is 16.5. The third-order valence-corrected chi connectivity index (χ3v) is 4.81. The van der Waals surface area contributed by atoms with Crippen LogP contribution in [0.25, 0.3) is 0 Å². The van der Waals surface area contributed by atoms with Crippen LogP contribution in [-0.4, -0.2) is 36.8 Å². The molecular weight excluding hydrogens is 280 g/mol. The van der Waals surface area contributed by atoms with Crippen molar-refractivity contribution in [2.45, 2.75) is 64.0 Å². The summed E-state index contributed by atoms with van der Waals surface area (Å²) < 4.78 is 5.48. The van der Waals surface area contributed by atoms with E-state index in [1.54, 1.807) is 0 Å². The number of aryl methyl sites for hydroxylation is 1. The van der Waals surface area contributed by atoms with Crippen LogP contribution >= 0.6 is 0 Å². The molecule has 0 amide bonds. The predicted octanol–water partition coefficient (Wildman–Crippen LogP) is 2.49. The smallest absolute Gasteiger partial charge is 0.229 e. The number of nitrogens with zero attached hydrogens (tertiary/aromatic N) is 5. The first-order valence-corrected chi connectivity index (χ1v) is 8.25. The van der Waals surface area contributed by atoms with Crippen LogP contribution in [0.1, 0.15) is 73.8 Å². The lowest BCUT2D eigenvalue weighted by molar-refractivity contribution is 0.230. The van der Waals surface area contributed by atoms with Crippen molar-refractivity contribution in [1.82, 2.24) is 30.2 Å². The molecule has 1 N–H and O–H groups in total. The Balaban J connectivity index is 1.45. The molecule has 3 heterocycles. The third kappa shape index (κ3) is 2.65. The molecule has 1 aliphatic carbocycles. The van der Waals surface area contributed by atoms with Crippen LogP contribution in [0.5, 0.6) is 0 Å². The van der Waals surface area contributed by atoms with E-state index < -0.39 is 0 Å². The number of rotatable bonds is 4. The van der Waals surface area contributed by atoms with Gasteiger partial charge in [0.25, 0.3) is 0 Å². The molecule has 2 aliphatic rings. The lowest BCUT2D eigenvalue weighted by atomic mass is 10.1. The van der Waals surface area contributed by atoms with Gasteiger partial charge in [-0.05, 0) is 39.2 Å². The van der Waals surface area contributed by atoms with Crippen molar-refractivity contribution in [2.75, 3.05) is 6.54 Å². The molecule has 1 saturated carbocycles. The second-order valence-corrected chi connectivity index (χ2v) is 6.44. The van der Waals surface area contributed by atoms with Gasteiger partial charge in [0.15, 0.2) is 11.6 Å². The van der Waals surface area contributed by atoms with Crippen molar-refractivity contribution in [3.05, 3.63) is 23.4 Å². The van der Waals surface area contributed by atoms with Gasteiger partial charge < -0.3 is 4.52 Å². The maximum Gasteiger partial charge on any atom is 0.229 e. The van der Waals surface area contributed by atoms with Crippen LogP contribution in [0.15, 0.2) is 4.52 Å². The molecule has 2 fully saturated rings. The minimum atomic E-state index is 0.262. The standard InChI is InChI=1S/C15H22N6O/c1-10-16-14(19-18-10)12-7-4-8-21(12)9-13-17-15(22-20-13)11-5-2-3-6-11/h11-12H,2-9H2,1H3,(H,16,18,19)/t12-/m0/s1. The van der Waals surface area contributed by atoms with Gasteiger partial charge in [-0.15, -0.1) is 0 Å². The van der Waals surface area contributed by atoms with Crippen molar-refractivity contribution >= 4 is 0 Å². The summed E-state index contributed by atoms with van der Waals surface area (Å²) >= 11 is 0. The predicted molar refractivity (Wildman–Crippen MR) is 79.0 cm³/mol. The first kappa shape index (κ1) is 13.9. The summed E-state index contributed by atoms with van der Waals surface area (Å²) in [4.78, 5) is 11.5. The topological polar surface area (TPSA) is 83.7 Å². The number of hydrogen-bond acceptors (Lipinski definition) is 6. The van der Waals surface area contributed by atoms with Crippen molar-refractivity contribution in [1.29, 1.82) is 0 Å². The number of aromatic nitrogens is 5. The van der Waals surface area contributed by atoms with Crippen LogP contribution in [0.3, 0.4) is 0 Å². The number of hydrogen-bond donors (Lipinski definition) is 1. The fourth-order valence-corrected chi connectivity index (χ4v) is 3.67. The first-order chi connectivity index (χ1) is 10.8. The van der Waals surface area contributed by atoms with Gasteiger partial charge in [-0.3, -0.25) is 10.00 Å². The summed E-state index contributed by atoms with van der Waals surface area (Å²) in [6.07, 6.45) is 7.17. The molecule has 0 unspecified atom stereocenters. The number of nitrogens with one attached hydrogen (secondary N) is 1. The van der Waals surface area contributed by atoms with E-state index >= 15 is 0 Å². The summed E-state index contributed by atoms with van der Waals surface area (Å²) in [5.74, 6) is 3.85. The molecular formula is C15H22N6O. The molecule has 4 rings (SSSR count). The molecule has 0 bridgehead atoms. The Morgan fingerprint density at radius 1 is 1.18 bits per heavy atom. The molecule has 2 aromatic heterocycles. The molecule has 0 radical (unpaired) electrons. The molecule has 0 spiro atoms. The van der Waals surface area contributed by atoms with Crippen LogP contribution in [-0.2, 0) is 6.54 Å². The molecule has 0 aromatic carbocycles. The summed E-state index contributed by atoms with van der Waals surface area (Å²) in [7, 11) is 0. The Kier molecular flexibility index (Phi) is 3.65. The summed E-state index contributed by atoms with van der Waals surface area (Å²) in [6, 6.07) is 0.262. The Morgan fingerprint density at radius 2 is 2.05 bits per heavy atom. The molecule has 2 aromatic rings. The fraction of sp³-hybridized carbons (Fsp3) is 0.733. The average Bonchev–Trinajstić information content (AvgIpc) is 3.26. The maximum atomic E-state index is 5.48. The molecule has 1 atom stereocenters. The van der Waals surface area contributed by atoms with E-state index in [9.17, 15) is 0 Å². The molecule has 22 heavy (non-hydrogen) atoms. The van der Waals surface area contributed by atoms with Crippen LogP contribution in [0.4, 0.5) is 0 Å². The van der Waals surface area contributed by atoms with Gasteiger partial charge in [-0.2, -0.15) is 10.1 Å². The fourth-order valence-electron chi connectivity index (χ4n) is 3.67. The third-order valence-electron chi connectivity index (χ3n) is 4.81. The molecule has 7 nitrogen and oxygen atoms in total. The number of aromatic amines is 1. The molecule has 118 valence electrons. The second kappa shape index (κ2) is 5.79. The number of H-pyrrole nitrogens is 1. The summed E-state index contributed by atoms with van der Waals surface area (Å²) in [5, 5.41) is 11.4. The molecule has 1 saturated heterocycles. The van der Waals surface area contributed by atoms with E-state index in [1.807, 2.05) is 6.92 Å². The Morgan fingerprint density at radius 3 is 2.82 bits per heavy atom. The molecule has 1 aliphatic heterocycles. The lowest BCUT2D eigenvalue weighted by Crippen LogP contribution is -2.24. The zero-order chi connectivity index (χ0) is 14.9. The van der Waals surface area contributed by atoms with Gasteiger partial charge in [0.2, 0.25) is 5.89 Å². The molecule has 7 heteroatoms. The van der Waals surface area contributed by atoms with E-state index in [2.05, 4.69) is 30.2 Å². The maximum absolute atomic E-state index is 5.48. The van der Waals surface area contributed by atoms with E-state index in [1.165, 1.54) is 25.7 Å². The van der Waals surface area contributed by atoms with Crippen LogP contribution < -0.4 is 0 Å². The first-order valence-electron chi connectivity index (χ1n) is 8.25. The van der Waals surface area contributed by atoms with Gasteiger partial charge >= 0.3 is 0 Å². The minimum Gasteiger partial charge on any atom is -0.339 e.